The topological polar surface area (TPSA) is 30.5 Å². The molecule has 0 heterocycles. The molecule has 0 bridgehead atoms. The molecule has 0 saturated carbocycles. The summed E-state index contributed by atoms with van der Waals surface area (Å²) < 4.78 is 10.6. The lowest BCUT2D eigenvalue weighted by Gasteiger charge is -2.16. The number of rotatable bonds is 6. The Kier molecular flexibility index (Phi) is 5.23. The summed E-state index contributed by atoms with van der Waals surface area (Å²) >= 11 is 0. The summed E-state index contributed by atoms with van der Waals surface area (Å²) in [6.45, 7) is 5.02. The molecule has 0 aliphatic carbocycles. The van der Waals surface area contributed by atoms with E-state index in [-0.39, 0.29) is 6.04 Å². The van der Waals surface area contributed by atoms with Crippen LogP contribution in [0.3, 0.4) is 0 Å². The first kappa shape index (κ1) is 15.4. The molecule has 112 valence electrons. The fourth-order valence-corrected chi connectivity index (χ4v) is 2.23. The highest BCUT2D eigenvalue weighted by atomic mass is 16.5. The van der Waals surface area contributed by atoms with Crippen molar-refractivity contribution >= 4 is 0 Å². The van der Waals surface area contributed by atoms with E-state index in [9.17, 15) is 0 Å². The molecule has 3 nitrogen and oxygen atoms in total. The molecule has 1 N–H and O–H groups in total. The van der Waals surface area contributed by atoms with E-state index < -0.39 is 0 Å². The molecule has 0 amide bonds. The monoisotopic (exact) mass is 285 g/mol. The van der Waals surface area contributed by atoms with Crippen molar-refractivity contribution < 1.29 is 9.47 Å². The predicted octanol–water partition coefficient (Wildman–Crippen LogP) is 3.86. The molecule has 0 fully saturated rings. The number of benzene rings is 2. The van der Waals surface area contributed by atoms with Gasteiger partial charge in [0.05, 0.1) is 14.2 Å². The van der Waals surface area contributed by atoms with Gasteiger partial charge in [0.15, 0.2) is 0 Å². The molecule has 3 heteroatoms. The smallest absolute Gasteiger partial charge is 0.127 e. The maximum Gasteiger partial charge on any atom is 0.127 e. The third-order valence-electron chi connectivity index (χ3n) is 3.67. The normalized spacial score (nSPS) is 12.0. The maximum atomic E-state index is 5.42. The Labute approximate surface area is 126 Å². The molecule has 2 aromatic carbocycles. The third kappa shape index (κ3) is 3.99. The minimum Gasteiger partial charge on any atom is -0.497 e. The average Bonchev–Trinajstić information content (AvgIpc) is 2.53. The minimum atomic E-state index is 0.289. The van der Waals surface area contributed by atoms with Gasteiger partial charge in [-0.2, -0.15) is 0 Å². The summed E-state index contributed by atoms with van der Waals surface area (Å²) in [5, 5.41) is 3.53. The van der Waals surface area contributed by atoms with Gasteiger partial charge in [0, 0.05) is 24.2 Å². The van der Waals surface area contributed by atoms with E-state index in [0.29, 0.717) is 0 Å². The molecule has 0 radical (unpaired) electrons. The van der Waals surface area contributed by atoms with Gasteiger partial charge in [-0.05, 0) is 25.5 Å². The van der Waals surface area contributed by atoms with E-state index in [1.54, 1.807) is 14.2 Å². The molecule has 0 saturated heterocycles. The first-order valence-corrected chi connectivity index (χ1v) is 7.15. The lowest BCUT2D eigenvalue weighted by atomic mass is 10.1. The van der Waals surface area contributed by atoms with Crippen LogP contribution in [0.4, 0.5) is 0 Å². The minimum absolute atomic E-state index is 0.289. The fraction of sp³-hybridized carbons (Fsp3) is 0.333. The number of aryl methyl sites for hydroxylation is 1. The average molecular weight is 285 g/mol. The number of methoxy groups -OCH3 is 2. The molecule has 0 spiro atoms. The SMILES string of the molecule is COc1ccc(CNC(C)c2ccc(C)cc2)c(OC)c1. The lowest BCUT2D eigenvalue weighted by molar-refractivity contribution is 0.389. The van der Waals surface area contributed by atoms with Gasteiger partial charge in [0.1, 0.15) is 11.5 Å². The van der Waals surface area contributed by atoms with E-state index in [4.69, 9.17) is 9.47 Å². The van der Waals surface area contributed by atoms with Gasteiger partial charge in [-0.3, -0.25) is 0 Å². The Bertz CT molecular complexity index is 578. The van der Waals surface area contributed by atoms with Crippen molar-refractivity contribution in [1.82, 2.24) is 5.32 Å². The second-order valence-electron chi connectivity index (χ2n) is 5.19. The van der Waals surface area contributed by atoms with Crippen LogP contribution >= 0.6 is 0 Å². The zero-order chi connectivity index (χ0) is 15.2. The van der Waals surface area contributed by atoms with Gasteiger partial charge < -0.3 is 14.8 Å². The van der Waals surface area contributed by atoms with Crippen LogP contribution in [0.2, 0.25) is 0 Å². The van der Waals surface area contributed by atoms with E-state index in [1.165, 1.54) is 11.1 Å². The van der Waals surface area contributed by atoms with Crippen molar-refractivity contribution in [3.05, 3.63) is 59.2 Å². The van der Waals surface area contributed by atoms with Crippen molar-refractivity contribution in [2.45, 2.75) is 26.4 Å². The molecule has 0 aliphatic heterocycles. The first-order valence-electron chi connectivity index (χ1n) is 7.15. The molecule has 0 aliphatic rings. The molecule has 0 aromatic heterocycles. The molecular formula is C18H23NO2. The van der Waals surface area contributed by atoms with Crippen LogP contribution in [0.5, 0.6) is 11.5 Å². The Morgan fingerprint density at radius 2 is 1.71 bits per heavy atom. The Morgan fingerprint density at radius 1 is 1.00 bits per heavy atom. The molecule has 21 heavy (non-hydrogen) atoms. The Balaban J connectivity index is 2.03. The van der Waals surface area contributed by atoms with Crippen LogP contribution < -0.4 is 14.8 Å². The Morgan fingerprint density at radius 3 is 2.33 bits per heavy atom. The van der Waals surface area contributed by atoms with Crippen LogP contribution in [-0.4, -0.2) is 14.2 Å². The Hall–Kier alpha value is -2.00. The summed E-state index contributed by atoms with van der Waals surface area (Å²) in [6, 6.07) is 14.8. The zero-order valence-corrected chi connectivity index (χ0v) is 13.1. The molecular weight excluding hydrogens is 262 g/mol. The van der Waals surface area contributed by atoms with Crippen LogP contribution in [0, 0.1) is 6.92 Å². The second-order valence-corrected chi connectivity index (χ2v) is 5.19. The molecule has 2 aromatic rings. The molecule has 2 rings (SSSR count). The molecule has 1 atom stereocenters. The van der Waals surface area contributed by atoms with Crippen molar-refractivity contribution in [1.29, 1.82) is 0 Å². The summed E-state index contributed by atoms with van der Waals surface area (Å²) in [6.07, 6.45) is 0. The largest absolute Gasteiger partial charge is 0.497 e. The quantitative estimate of drug-likeness (QED) is 0.874. The number of nitrogens with one attached hydrogen (secondary N) is 1. The van der Waals surface area contributed by atoms with Gasteiger partial charge >= 0.3 is 0 Å². The van der Waals surface area contributed by atoms with Crippen LogP contribution in [0.15, 0.2) is 42.5 Å². The zero-order valence-electron chi connectivity index (χ0n) is 13.1. The van der Waals surface area contributed by atoms with Crippen LogP contribution in [0.25, 0.3) is 0 Å². The van der Waals surface area contributed by atoms with Crippen LogP contribution in [0.1, 0.15) is 29.7 Å². The highest BCUT2D eigenvalue weighted by Gasteiger charge is 2.08. The summed E-state index contributed by atoms with van der Waals surface area (Å²) in [5.74, 6) is 1.65. The van der Waals surface area contributed by atoms with E-state index >= 15 is 0 Å². The van der Waals surface area contributed by atoms with E-state index in [1.807, 2.05) is 18.2 Å². The maximum absolute atomic E-state index is 5.42. The number of ether oxygens (including phenoxy) is 2. The number of hydrogen-bond donors (Lipinski definition) is 1. The summed E-state index contributed by atoms with van der Waals surface area (Å²) in [4.78, 5) is 0. The van der Waals surface area contributed by atoms with Crippen molar-refractivity contribution in [3.8, 4) is 11.5 Å². The van der Waals surface area contributed by atoms with Crippen molar-refractivity contribution in [3.63, 3.8) is 0 Å². The van der Waals surface area contributed by atoms with Crippen molar-refractivity contribution in [2.24, 2.45) is 0 Å². The van der Waals surface area contributed by atoms with Gasteiger partial charge in [-0.1, -0.05) is 35.9 Å². The second kappa shape index (κ2) is 7.14. The van der Waals surface area contributed by atoms with Crippen LogP contribution in [-0.2, 0) is 6.54 Å². The third-order valence-corrected chi connectivity index (χ3v) is 3.67. The van der Waals surface area contributed by atoms with E-state index in [2.05, 4.69) is 43.4 Å². The highest BCUT2D eigenvalue weighted by molar-refractivity contribution is 5.40. The highest BCUT2D eigenvalue weighted by Crippen LogP contribution is 2.25. The molecule has 1 unspecified atom stereocenters. The standard InChI is InChI=1S/C18H23NO2/c1-13-5-7-15(8-6-13)14(2)19-12-16-9-10-17(20-3)11-18(16)21-4/h5-11,14,19H,12H2,1-4H3. The summed E-state index contributed by atoms with van der Waals surface area (Å²) in [7, 11) is 3.34. The fourth-order valence-electron chi connectivity index (χ4n) is 2.23. The van der Waals surface area contributed by atoms with Gasteiger partial charge in [0.2, 0.25) is 0 Å². The predicted molar refractivity (Wildman–Crippen MR) is 86.0 cm³/mol. The van der Waals surface area contributed by atoms with Gasteiger partial charge in [0.25, 0.3) is 0 Å². The number of hydrogen-bond acceptors (Lipinski definition) is 3. The summed E-state index contributed by atoms with van der Waals surface area (Å²) in [5.41, 5.74) is 3.69. The van der Waals surface area contributed by atoms with Gasteiger partial charge in [-0.25, -0.2) is 0 Å². The van der Waals surface area contributed by atoms with E-state index in [0.717, 1.165) is 23.6 Å². The lowest BCUT2D eigenvalue weighted by Crippen LogP contribution is -2.18. The first-order chi connectivity index (χ1) is 10.1. The van der Waals surface area contributed by atoms with Gasteiger partial charge in [-0.15, -0.1) is 0 Å². The van der Waals surface area contributed by atoms with Crippen molar-refractivity contribution in [2.75, 3.05) is 14.2 Å².